The molecule has 0 radical (unpaired) electrons. The van der Waals surface area contributed by atoms with Crippen LogP contribution in [-0.2, 0) is 25.7 Å². The molecular formula is C25H28N2O7. The molecule has 1 heterocycles. The molecule has 1 aliphatic heterocycles. The zero-order valence-corrected chi connectivity index (χ0v) is 19.2. The lowest BCUT2D eigenvalue weighted by atomic mass is 10.1. The summed E-state index contributed by atoms with van der Waals surface area (Å²) in [6, 6.07) is 12.6. The van der Waals surface area contributed by atoms with Crippen molar-refractivity contribution in [3.8, 4) is 11.5 Å². The summed E-state index contributed by atoms with van der Waals surface area (Å²) in [6.45, 7) is 2.61. The van der Waals surface area contributed by atoms with E-state index in [-0.39, 0.29) is 25.8 Å². The predicted molar refractivity (Wildman–Crippen MR) is 124 cm³/mol. The molecule has 34 heavy (non-hydrogen) atoms. The number of rotatable bonds is 11. The number of carboxylic acid groups (broad SMARTS) is 1. The van der Waals surface area contributed by atoms with Crippen molar-refractivity contribution in [2.24, 2.45) is 0 Å². The Morgan fingerprint density at radius 2 is 1.68 bits per heavy atom. The van der Waals surface area contributed by atoms with Gasteiger partial charge in [-0.25, -0.2) is 4.90 Å². The fourth-order valence-corrected chi connectivity index (χ4v) is 3.70. The number of hydrogen-bond acceptors (Lipinski definition) is 6. The molecule has 180 valence electrons. The maximum Gasteiger partial charge on any atom is 0.303 e. The van der Waals surface area contributed by atoms with Gasteiger partial charge < -0.3 is 19.5 Å². The Labute approximate surface area is 197 Å². The Bertz CT molecular complexity index is 1030. The van der Waals surface area contributed by atoms with E-state index in [4.69, 9.17) is 14.6 Å². The van der Waals surface area contributed by atoms with Crippen LogP contribution in [0.15, 0.2) is 48.5 Å². The molecule has 2 aromatic rings. The van der Waals surface area contributed by atoms with Crippen LogP contribution < -0.4 is 14.4 Å². The minimum absolute atomic E-state index is 0.0593. The van der Waals surface area contributed by atoms with E-state index in [1.165, 1.54) is 12.0 Å². The van der Waals surface area contributed by atoms with Crippen molar-refractivity contribution in [2.45, 2.75) is 45.2 Å². The number of methoxy groups -OCH3 is 1. The number of carbonyl (C=O) groups is 4. The Morgan fingerprint density at radius 1 is 1.03 bits per heavy atom. The smallest absolute Gasteiger partial charge is 0.303 e. The first-order valence-corrected chi connectivity index (χ1v) is 11.1. The summed E-state index contributed by atoms with van der Waals surface area (Å²) < 4.78 is 10.7. The van der Waals surface area contributed by atoms with E-state index in [1.54, 1.807) is 48.5 Å². The number of nitrogens with zero attached hydrogens (tertiary/aromatic N) is 2. The zero-order valence-electron chi connectivity index (χ0n) is 19.2. The summed E-state index contributed by atoms with van der Waals surface area (Å²) in [6.07, 6.45) is 0.0387. The molecule has 1 fully saturated rings. The van der Waals surface area contributed by atoms with Gasteiger partial charge in [0.1, 0.15) is 17.5 Å². The molecule has 1 atom stereocenters. The van der Waals surface area contributed by atoms with Gasteiger partial charge >= 0.3 is 5.97 Å². The summed E-state index contributed by atoms with van der Waals surface area (Å²) >= 11 is 0. The number of anilines is 1. The highest BCUT2D eigenvalue weighted by atomic mass is 16.5. The van der Waals surface area contributed by atoms with Crippen LogP contribution in [0.1, 0.15) is 38.2 Å². The summed E-state index contributed by atoms with van der Waals surface area (Å²) in [5, 5.41) is 8.99. The van der Waals surface area contributed by atoms with Crippen LogP contribution >= 0.6 is 0 Å². The highest BCUT2D eigenvalue weighted by Crippen LogP contribution is 2.29. The normalized spacial score (nSPS) is 15.4. The van der Waals surface area contributed by atoms with E-state index < -0.39 is 29.7 Å². The highest BCUT2D eigenvalue weighted by molar-refractivity contribution is 6.23. The summed E-state index contributed by atoms with van der Waals surface area (Å²) in [5.41, 5.74) is 1.12. The summed E-state index contributed by atoms with van der Waals surface area (Å²) in [5.74, 6) is -1.30. The zero-order chi connectivity index (χ0) is 24.7. The molecule has 9 nitrogen and oxygen atoms in total. The van der Waals surface area contributed by atoms with Crippen molar-refractivity contribution in [2.75, 3.05) is 18.6 Å². The monoisotopic (exact) mass is 468 g/mol. The number of carboxylic acids is 1. The standard InChI is InChI=1S/C25H28N2O7/c1-3-14-34-20-10-6-18(7-11-20)27-23(29)15-21(25(27)32)26(22(28)12-13-24(30)31)16-17-4-8-19(33-2)9-5-17/h4-11,21H,3,12-16H2,1-2H3,(H,30,31)/t21-/m1/s1. The van der Waals surface area contributed by atoms with Gasteiger partial charge in [-0.15, -0.1) is 0 Å². The van der Waals surface area contributed by atoms with Crippen LogP contribution in [0.4, 0.5) is 5.69 Å². The molecule has 1 aliphatic rings. The number of aliphatic carboxylic acids is 1. The van der Waals surface area contributed by atoms with Gasteiger partial charge in [-0.1, -0.05) is 19.1 Å². The van der Waals surface area contributed by atoms with Crippen LogP contribution in [0.25, 0.3) is 0 Å². The molecule has 0 aliphatic carbocycles. The number of imide groups is 1. The third kappa shape index (κ3) is 5.92. The van der Waals surface area contributed by atoms with Crippen molar-refractivity contribution in [1.82, 2.24) is 4.90 Å². The number of amides is 3. The Balaban J connectivity index is 1.83. The Kier molecular flexibility index (Phi) is 8.24. The van der Waals surface area contributed by atoms with Crippen LogP contribution in [0.2, 0.25) is 0 Å². The van der Waals surface area contributed by atoms with Gasteiger partial charge in [-0.3, -0.25) is 19.2 Å². The molecule has 0 unspecified atom stereocenters. The Morgan fingerprint density at radius 3 is 2.26 bits per heavy atom. The van der Waals surface area contributed by atoms with Gasteiger partial charge in [-0.2, -0.15) is 0 Å². The van der Waals surface area contributed by atoms with Gasteiger partial charge in [0, 0.05) is 13.0 Å². The molecule has 3 amide bonds. The lowest BCUT2D eigenvalue weighted by Crippen LogP contribution is -2.45. The third-order valence-electron chi connectivity index (χ3n) is 5.45. The average Bonchev–Trinajstić information content (AvgIpc) is 3.13. The number of carbonyl (C=O) groups excluding carboxylic acids is 3. The van der Waals surface area contributed by atoms with E-state index in [1.807, 2.05) is 6.92 Å². The fraction of sp³-hybridized carbons (Fsp3) is 0.360. The predicted octanol–water partition coefficient (Wildman–Crippen LogP) is 3.01. The minimum Gasteiger partial charge on any atom is -0.497 e. The van der Waals surface area contributed by atoms with Gasteiger partial charge in [-0.05, 0) is 48.4 Å². The lowest BCUT2D eigenvalue weighted by molar-refractivity contribution is -0.143. The summed E-state index contributed by atoms with van der Waals surface area (Å²) in [4.78, 5) is 52.4. The third-order valence-corrected chi connectivity index (χ3v) is 5.45. The molecule has 0 spiro atoms. The van der Waals surface area contributed by atoms with Gasteiger partial charge in [0.05, 0.1) is 32.2 Å². The molecule has 1 saturated heterocycles. The van der Waals surface area contributed by atoms with Crippen molar-refractivity contribution >= 4 is 29.4 Å². The van der Waals surface area contributed by atoms with Crippen molar-refractivity contribution in [1.29, 1.82) is 0 Å². The molecular weight excluding hydrogens is 440 g/mol. The molecule has 2 aromatic carbocycles. The second-order valence-corrected chi connectivity index (χ2v) is 7.89. The van der Waals surface area contributed by atoms with Gasteiger partial charge in [0.2, 0.25) is 11.8 Å². The topological polar surface area (TPSA) is 113 Å². The molecule has 0 bridgehead atoms. The maximum absolute atomic E-state index is 13.3. The number of hydrogen-bond donors (Lipinski definition) is 1. The molecule has 0 saturated carbocycles. The molecule has 9 heteroatoms. The first-order chi connectivity index (χ1) is 16.3. The van der Waals surface area contributed by atoms with E-state index in [0.29, 0.717) is 23.8 Å². The largest absolute Gasteiger partial charge is 0.497 e. The van der Waals surface area contributed by atoms with E-state index in [0.717, 1.165) is 16.9 Å². The molecule has 3 rings (SSSR count). The second-order valence-electron chi connectivity index (χ2n) is 7.89. The highest BCUT2D eigenvalue weighted by Gasteiger charge is 2.44. The van der Waals surface area contributed by atoms with E-state index >= 15 is 0 Å². The lowest BCUT2D eigenvalue weighted by Gasteiger charge is -2.28. The minimum atomic E-state index is -1.11. The number of benzene rings is 2. The molecule has 1 N–H and O–H groups in total. The molecule has 0 aromatic heterocycles. The SMILES string of the molecule is CCCOc1ccc(N2C(=O)C[C@@H](N(Cc3ccc(OC)cc3)C(=O)CCC(=O)O)C2=O)cc1. The quantitative estimate of drug-likeness (QED) is 0.504. The van der Waals surface area contributed by atoms with E-state index in [9.17, 15) is 19.2 Å². The van der Waals surface area contributed by atoms with Gasteiger partial charge in [0.25, 0.3) is 5.91 Å². The maximum atomic E-state index is 13.3. The van der Waals surface area contributed by atoms with Crippen LogP contribution in [0.5, 0.6) is 11.5 Å². The van der Waals surface area contributed by atoms with Crippen molar-refractivity contribution in [3.63, 3.8) is 0 Å². The summed E-state index contributed by atoms with van der Waals surface area (Å²) in [7, 11) is 1.54. The first kappa shape index (κ1) is 24.8. The second kappa shape index (κ2) is 11.3. The van der Waals surface area contributed by atoms with Crippen LogP contribution in [0, 0.1) is 0 Å². The van der Waals surface area contributed by atoms with Crippen LogP contribution in [-0.4, -0.2) is 53.5 Å². The van der Waals surface area contributed by atoms with Crippen molar-refractivity contribution in [3.05, 3.63) is 54.1 Å². The fourth-order valence-electron chi connectivity index (χ4n) is 3.70. The van der Waals surface area contributed by atoms with Crippen molar-refractivity contribution < 1.29 is 33.8 Å². The average molecular weight is 469 g/mol. The van der Waals surface area contributed by atoms with Crippen LogP contribution in [0.3, 0.4) is 0 Å². The number of ether oxygens (including phenoxy) is 2. The van der Waals surface area contributed by atoms with Gasteiger partial charge in [0.15, 0.2) is 0 Å². The Hall–Kier alpha value is -3.88. The van der Waals surface area contributed by atoms with E-state index in [2.05, 4.69) is 0 Å². The first-order valence-electron chi connectivity index (χ1n) is 11.1.